The number of thiophene rings is 1. The van der Waals surface area contributed by atoms with Crippen LogP contribution >= 0.6 is 11.3 Å². The third kappa shape index (κ3) is 4.39. The summed E-state index contributed by atoms with van der Waals surface area (Å²) in [4.78, 5) is 28.3. The van der Waals surface area contributed by atoms with Crippen LogP contribution < -0.4 is 10.1 Å². The number of pyridine rings is 1. The number of carbonyl (C=O) groups excluding carboxylic acids is 2. The van der Waals surface area contributed by atoms with E-state index in [0.717, 1.165) is 5.56 Å². The van der Waals surface area contributed by atoms with Crippen molar-refractivity contribution in [3.05, 3.63) is 46.3 Å². The fraction of sp³-hybridized carbons (Fsp3) is 0.267. The normalized spacial score (nSPS) is 10.1. The first-order chi connectivity index (χ1) is 10.2. The molecule has 0 fully saturated rings. The van der Waals surface area contributed by atoms with Gasteiger partial charge in [-0.2, -0.15) is 0 Å². The number of nitrogens with zero attached hydrogens (tertiary/aromatic N) is 1. The minimum atomic E-state index is -0.161. The first-order valence-corrected chi connectivity index (χ1v) is 7.40. The van der Waals surface area contributed by atoms with E-state index < -0.39 is 0 Å². The summed E-state index contributed by atoms with van der Waals surface area (Å²) in [5.41, 5.74) is 0.804. The quantitative estimate of drug-likeness (QED) is 0.798. The third-order valence-electron chi connectivity index (χ3n) is 2.89. The fourth-order valence-electron chi connectivity index (χ4n) is 1.81. The second kappa shape index (κ2) is 7.54. The molecule has 2 rings (SSSR count). The Kier molecular flexibility index (Phi) is 5.45. The Morgan fingerprint density at radius 3 is 2.86 bits per heavy atom. The molecule has 0 aliphatic heterocycles. The van der Waals surface area contributed by atoms with Gasteiger partial charge in [0.05, 0.1) is 12.0 Å². The first kappa shape index (κ1) is 15.2. The van der Waals surface area contributed by atoms with Gasteiger partial charge >= 0.3 is 0 Å². The maximum Gasteiger partial charge on any atom is 0.220 e. The van der Waals surface area contributed by atoms with Gasteiger partial charge in [-0.05, 0) is 17.5 Å². The Balaban J connectivity index is 1.78. The standard InChI is InChI=1S/C15H16N2O3S/c1-20-15-11(4-2-8-16-15)10-17-14(19)7-6-12(18)13-5-3-9-21-13/h2-5,8-9H,6-7,10H2,1H3,(H,17,19). The predicted octanol–water partition coefficient (Wildman–Crippen LogP) is 2.43. The van der Waals surface area contributed by atoms with Crippen LogP contribution in [0.4, 0.5) is 0 Å². The minimum absolute atomic E-state index is 0.000826. The van der Waals surface area contributed by atoms with Crippen molar-refractivity contribution in [2.45, 2.75) is 19.4 Å². The average Bonchev–Trinajstić information content (AvgIpc) is 3.05. The fourth-order valence-corrected chi connectivity index (χ4v) is 2.51. The van der Waals surface area contributed by atoms with Crippen LogP contribution in [0.2, 0.25) is 0 Å². The number of hydrogen-bond donors (Lipinski definition) is 1. The molecule has 0 aromatic carbocycles. The van der Waals surface area contributed by atoms with Crippen LogP contribution in [-0.4, -0.2) is 23.8 Å². The molecule has 2 aromatic heterocycles. The van der Waals surface area contributed by atoms with Crippen LogP contribution in [0.5, 0.6) is 5.88 Å². The number of amides is 1. The van der Waals surface area contributed by atoms with Crippen molar-refractivity contribution >= 4 is 23.0 Å². The number of Topliss-reactive ketones (excluding diaryl/α,β-unsaturated/α-hetero) is 1. The monoisotopic (exact) mass is 304 g/mol. The maximum absolute atomic E-state index is 11.8. The zero-order valence-electron chi connectivity index (χ0n) is 11.7. The summed E-state index contributed by atoms with van der Waals surface area (Å²) in [5, 5.41) is 4.62. The van der Waals surface area contributed by atoms with E-state index in [1.54, 1.807) is 18.3 Å². The molecule has 2 heterocycles. The van der Waals surface area contributed by atoms with Gasteiger partial charge in [-0.1, -0.05) is 12.1 Å². The highest BCUT2D eigenvalue weighted by Crippen LogP contribution is 2.14. The molecule has 0 saturated carbocycles. The van der Waals surface area contributed by atoms with Crippen molar-refractivity contribution in [1.29, 1.82) is 0 Å². The van der Waals surface area contributed by atoms with Crippen LogP contribution in [0.15, 0.2) is 35.8 Å². The number of nitrogens with one attached hydrogen (secondary N) is 1. The Morgan fingerprint density at radius 1 is 1.29 bits per heavy atom. The van der Waals surface area contributed by atoms with Gasteiger partial charge in [-0.25, -0.2) is 4.98 Å². The summed E-state index contributed by atoms with van der Waals surface area (Å²) >= 11 is 1.39. The number of ketones is 1. The van der Waals surface area contributed by atoms with E-state index in [2.05, 4.69) is 10.3 Å². The number of rotatable bonds is 7. The summed E-state index contributed by atoms with van der Waals surface area (Å²) in [6, 6.07) is 7.21. The highest BCUT2D eigenvalue weighted by Gasteiger charge is 2.11. The lowest BCUT2D eigenvalue weighted by Gasteiger charge is -2.08. The first-order valence-electron chi connectivity index (χ1n) is 6.52. The van der Waals surface area contributed by atoms with Crippen molar-refractivity contribution in [2.75, 3.05) is 7.11 Å². The highest BCUT2D eigenvalue weighted by molar-refractivity contribution is 7.12. The summed E-state index contributed by atoms with van der Waals surface area (Å²) in [6.45, 7) is 0.336. The summed E-state index contributed by atoms with van der Waals surface area (Å²) in [5.74, 6) is 0.331. The van der Waals surface area contributed by atoms with E-state index in [-0.39, 0.29) is 24.5 Å². The molecular formula is C15H16N2O3S. The third-order valence-corrected chi connectivity index (χ3v) is 3.81. The molecule has 0 radical (unpaired) electrons. The van der Waals surface area contributed by atoms with Crippen molar-refractivity contribution in [1.82, 2.24) is 10.3 Å². The molecular weight excluding hydrogens is 288 g/mol. The molecule has 21 heavy (non-hydrogen) atoms. The van der Waals surface area contributed by atoms with Gasteiger partial charge < -0.3 is 10.1 Å². The van der Waals surface area contributed by atoms with E-state index in [9.17, 15) is 9.59 Å². The van der Waals surface area contributed by atoms with Gasteiger partial charge in [0, 0.05) is 31.1 Å². The van der Waals surface area contributed by atoms with Crippen molar-refractivity contribution in [3.8, 4) is 5.88 Å². The molecule has 0 saturated heterocycles. The van der Waals surface area contributed by atoms with Gasteiger partial charge in [-0.3, -0.25) is 9.59 Å². The van der Waals surface area contributed by atoms with Crippen molar-refractivity contribution < 1.29 is 14.3 Å². The maximum atomic E-state index is 11.8. The molecule has 0 aliphatic rings. The van der Waals surface area contributed by atoms with E-state index >= 15 is 0 Å². The SMILES string of the molecule is COc1ncccc1CNC(=O)CCC(=O)c1cccs1. The molecule has 1 N–H and O–H groups in total. The molecule has 1 amide bonds. The van der Waals surface area contributed by atoms with Gasteiger partial charge in [-0.15, -0.1) is 11.3 Å². The van der Waals surface area contributed by atoms with E-state index in [1.165, 1.54) is 18.4 Å². The zero-order valence-corrected chi connectivity index (χ0v) is 12.5. The minimum Gasteiger partial charge on any atom is -0.481 e. The number of methoxy groups -OCH3 is 1. The smallest absolute Gasteiger partial charge is 0.220 e. The zero-order chi connectivity index (χ0) is 15.1. The van der Waals surface area contributed by atoms with Gasteiger partial charge in [0.25, 0.3) is 0 Å². The average molecular weight is 304 g/mol. The summed E-state index contributed by atoms with van der Waals surface area (Å²) < 4.78 is 5.11. The Hall–Kier alpha value is -2.21. The number of aromatic nitrogens is 1. The summed E-state index contributed by atoms with van der Waals surface area (Å²) in [7, 11) is 1.54. The van der Waals surface area contributed by atoms with E-state index in [0.29, 0.717) is 17.3 Å². The second-order valence-electron chi connectivity index (χ2n) is 4.35. The molecule has 0 unspecified atom stereocenters. The molecule has 0 bridgehead atoms. The lowest BCUT2D eigenvalue weighted by atomic mass is 10.2. The molecule has 0 aliphatic carbocycles. The largest absolute Gasteiger partial charge is 0.481 e. The molecule has 110 valence electrons. The van der Waals surface area contributed by atoms with E-state index in [1.807, 2.05) is 17.5 Å². The highest BCUT2D eigenvalue weighted by atomic mass is 32.1. The van der Waals surface area contributed by atoms with Crippen molar-refractivity contribution in [3.63, 3.8) is 0 Å². The van der Waals surface area contributed by atoms with Crippen LogP contribution in [0, 0.1) is 0 Å². The van der Waals surface area contributed by atoms with Gasteiger partial charge in [0.2, 0.25) is 11.8 Å². The number of ether oxygens (including phenoxy) is 1. The van der Waals surface area contributed by atoms with Crippen molar-refractivity contribution in [2.24, 2.45) is 0 Å². The Bertz CT molecular complexity index is 611. The van der Waals surface area contributed by atoms with Crippen LogP contribution in [-0.2, 0) is 11.3 Å². The summed E-state index contributed by atoms with van der Waals surface area (Å²) in [6.07, 6.45) is 2.03. The van der Waals surface area contributed by atoms with Gasteiger partial charge in [0.1, 0.15) is 0 Å². The second-order valence-corrected chi connectivity index (χ2v) is 5.30. The molecule has 0 atom stereocenters. The lowest BCUT2D eigenvalue weighted by molar-refractivity contribution is -0.121. The van der Waals surface area contributed by atoms with Crippen LogP contribution in [0.25, 0.3) is 0 Å². The number of hydrogen-bond acceptors (Lipinski definition) is 5. The molecule has 6 heteroatoms. The lowest BCUT2D eigenvalue weighted by Crippen LogP contribution is -2.23. The van der Waals surface area contributed by atoms with Gasteiger partial charge in [0.15, 0.2) is 5.78 Å². The number of carbonyl (C=O) groups is 2. The predicted molar refractivity (Wildman–Crippen MR) is 80.5 cm³/mol. The Morgan fingerprint density at radius 2 is 2.14 bits per heavy atom. The van der Waals surface area contributed by atoms with Crippen LogP contribution in [0.1, 0.15) is 28.1 Å². The molecule has 5 nitrogen and oxygen atoms in total. The topological polar surface area (TPSA) is 68.3 Å². The molecule has 0 spiro atoms. The van der Waals surface area contributed by atoms with E-state index in [4.69, 9.17) is 4.74 Å². The molecule has 2 aromatic rings. The van der Waals surface area contributed by atoms with Crippen LogP contribution in [0.3, 0.4) is 0 Å². The Labute approximate surface area is 127 Å².